The van der Waals surface area contributed by atoms with Gasteiger partial charge in [-0.2, -0.15) is 16.7 Å². The van der Waals surface area contributed by atoms with Gasteiger partial charge in [0.25, 0.3) is 0 Å². The van der Waals surface area contributed by atoms with Gasteiger partial charge in [-0.3, -0.25) is 0 Å². The Morgan fingerprint density at radius 1 is 1.56 bits per heavy atom. The molecule has 3 rings (SSSR count). The second-order valence-corrected chi connectivity index (χ2v) is 6.12. The summed E-state index contributed by atoms with van der Waals surface area (Å²) in [6.45, 7) is 1.07. The van der Waals surface area contributed by atoms with Crippen molar-refractivity contribution in [3.63, 3.8) is 0 Å². The highest BCUT2D eigenvalue weighted by Gasteiger charge is 2.35. The minimum atomic E-state index is 0.0243. The first-order valence-corrected chi connectivity index (χ1v) is 7.68. The zero-order valence-corrected chi connectivity index (χ0v) is 11.4. The smallest absolute Gasteiger partial charge is 0.228 e. The molecule has 0 amide bonds. The summed E-state index contributed by atoms with van der Waals surface area (Å²) in [6.07, 6.45) is 3.27. The van der Waals surface area contributed by atoms with Gasteiger partial charge in [0, 0.05) is 37.6 Å². The van der Waals surface area contributed by atoms with Crippen LogP contribution in [0.25, 0.3) is 0 Å². The normalized spacial score (nSPS) is 26.2. The van der Waals surface area contributed by atoms with E-state index in [0.29, 0.717) is 12.0 Å². The van der Waals surface area contributed by atoms with Gasteiger partial charge < -0.3 is 14.6 Å². The average Bonchev–Trinajstić information content (AvgIpc) is 3.13. The van der Waals surface area contributed by atoms with Crippen molar-refractivity contribution in [3.05, 3.63) is 11.7 Å². The van der Waals surface area contributed by atoms with Crippen molar-refractivity contribution in [2.75, 3.05) is 25.2 Å². The van der Waals surface area contributed by atoms with E-state index in [4.69, 9.17) is 9.26 Å². The fraction of sp³-hybridized carbons (Fsp3) is 0.833. The quantitative estimate of drug-likeness (QED) is 0.872. The summed E-state index contributed by atoms with van der Waals surface area (Å²) < 4.78 is 10.8. The summed E-state index contributed by atoms with van der Waals surface area (Å²) in [4.78, 5) is 4.48. The van der Waals surface area contributed by atoms with Crippen LogP contribution in [0, 0.1) is 5.92 Å². The second kappa shape index (κ2) is 5.59. The van der Waals surface area contributed by atoms with Gasteiger partial charge in [-0.15, -0.1) is 0 Å². The van der Waals surface area contributed by atoms with Crippen LogP contribution < -0.4 is 5.32 Å². The maximum absolute atomic E-state index is 5.46. The number of hydrogen-bond acceptors (Lipinski definition) is 6. The number of rotatable bonds is 5. The number of aromatic nitrogens is 2. The van der Waals surface area contributed by atoms with Crippen molar-refractivity contribution >= 4 is 11.8 Å². The van der Waals surface area contributed by atoms with Gasteiger partial charge in [0.05, 0.1) is 0 Å². The Labute approximate surface area is 111 Å². The summed E-state index contributed by atoms with van der Waals surface area (Å²) in [6, 6.07) is 0.457. The van der Waals surface area contributed by atoms with Crippen LogP contribution in [0.3, 0.4) is 0 Å². The molecule has 1 aliphatic heterocycles. The number of nitrogens with zero attached hydrogens (tertiary/aromatic N) is 2. The molecule has 2 heterocycles. The number of hydrogen-bond donors (Lipinski definition) is 1. The Morgan fingerprint density at radius 2 is 2.44 bits per heavy atom. The van der Waals surface area contributed by atoms with Crippen molar-refractivity contribution in [3.8, 4) is 0 Å². The first-order valence-electron chi connectivity index (χ1n) is 6.53. The Kier molecular flexibility index (Phi) is 3.86. The van der Waals surface area contributed by atoms with Crippen molar-refractivity contribution in [2.24, 2.45) is 5.92 Å². The van der Waals surface area contributed by atoms with Crippen LogP contribution in [0.1, 0.15) is 30.7 Å². The van der Waals surface area contributed by atoms with E-state index >= 15 is 0 Å². The lowest BCUT2D eigenvalue weighted by atomic mass is 10.2. The number of thioether (sulfide) groups is 1. The maximum atomic E-state index is 5.46. The first kappa shape index (κ1) is 12.4. The summed E-state index contributed by atoms with van der Waals surface area (Å²) >= 11 is 1.98. The fourth-order valence-electron chi connectivity index (χ4n) is 2.34. The lowest BCUT2D eigenvalue weighted by Gasteiger charge is -2.21. The molecule has 0 aromatic carbocycles. The van der Waals surface area contributed by atoms with Crippen LogP contribution in [-0.2, 0) is 11.2 Å². The molecule has 1 aromatic heterocycles. The molecule has 5 nitrogen and oxygen atoms in total. The molecule has 6 heteroatoms. The Balaban J connectivity index is 1.61. The molecular weight excluding hydrogens is 250 g/mol. The molecule has 0 spiro atoms. The van der Waals surface area contributed by atoms with Gasteiger partial charge in [0.15, 0.2) is 0 Å². The third kappa shape index (κ3) is 2.87. The molecule has 2 unspecified atom stereocenters. The van der Waals surface area contributed by atoms with Crippen LogP contribution in [0.15, 0.2) is 4.52 Å². The van der Waals surface area contributed by atoms with Crippen LogP contribution >= 0.6 is 11.8 Å². The molecular formula is C12H19N3O2S. The molecule has 1 saturated heterocycles. The highest BCUT2D eigenvalue weighted by atomic mass is 32.2. The van der Waals surface area contributed by atoms with E-state index in [-0.39, 0.29) is 6.10 Å². The molecule has 0 radical (unpaired) electrons. The van der Waals surface area contributed by atoms with E-state index in [1.165, 1.54) is 18.6 Å². The minimum Gasteiger partial charge on any atom is -0.373 e. The molecule has 2 fully saturated rings. The van der Waals surface area contributed by atoms with E-state index in [1.807, 2.05) is 11.8 Å². The molecule has 1 saturated carbocycles. The number of methoxy groups -OCH3 is 1. The van der Waals surface area contributed by atoms with Gasteiger partial charge in [0.2, 0.25) is 11.7 Å². The molecule has 100 valence electrons. The van der Waals surface area contributed by atoms with Crippen molar-refractivity contribution in [1.82, 2.24) is 15.5 Å². The maximum Gasteiger partial charge on any atom is 0.228 e. The largest absolute Gasteiger partial charge is 0.373 e. The first-order chi connectivity index (χ1) is 8.86. The highest BCUT2D eigenvalue weighted by Crippen LogP contribution is 2.41. The molecule has 1 aliphatic carbocycles. The van der Waals surface area contributed by atoms with Crippen molar-refractivity contribution in [1.29, 1.82) is 0 Å². The predicted molar refractivity (Wildman–Crippen MR) is 69.6 cm³/mol. The van der Waals surface area contributed by atoms with Gasteiger partial charge in [-0.25, -0.2) is 0 Å². The zero-order valence-electron chi connectivity index (χ0n) is 10.6. The van der Waals surface area contributed by atoms with Gasteiger partial charge in [-0.05, 0) is 18.8 Å². The van der Waals surface area contributed by atoms with Gasteiger partial charge >= 0.3 is 0 Å². The molecule has 18 heavy (non-hydrogen) atoms. The number of ether oxygens (including phenoxy) is 1. The number of nitrogens with one attached hydrogen (secondary N) is 1. The predicted octanol–water partition coefficient (Wildman–Crippen LogP) is 1.41. The van der Waals surface area contributed by atoms with E-state index in [1.54, 1.807) is 7.11 Å². The summed E-state index contributed by atoms with van der Waals surface area (Å²) in [7, 11) is 1.72. The van der Waals surface area contributed by atoms with Gasteiger partial charge in [-0.1, -0.05) is 5.16 Å². The third-order valence-electron chi connectivity index (χ3n) is 3.46. The monoisotopic (exact) mass is 269 g/mol. The summed E-state index contributed by atoms with van der Waals surface area (Å²) in [5, 5.41) is 7.54. The minimum absolute atomic E-state index is 0.0243. The van der Waals surface area contributed by atoms with E-state index < -0.39 is 0 Å². The standard InChI is InChI=1S/C12H19N3O2S/c1-16-11(8-2-3-8)12-14-10(17-15-12)6-9-7-18-5-4-13-9/h8-9,11,13H,2-7H2,1H3. The van der Waals surface area contributed by atoms with Crippen LogP contribution in [0.5, 0.6) is 0 Å². The third-order valence-corrected chi connectivity index (χ3v) is 4.59. The molecule has 2 aliphatic rings. The van der Waals surface area contributed by atoms with Gasteiger partial charge in [0.1, 0.15) is 6.10 Å². The van der Waals surface area contributed by atoms with Crippen LogP contribution in [0.2, 0.25) is 0 Å². The topological polar surface area (TPSA) is 60.2 Å². The Hall–Kier alpha value is -0.590. The zero-order chi connectivity index (χ0) is 12.4. The van der Waals surface area contributed by atoms with Crippen LogP contribution in [0.4, 0.5) is 0 Å². The second-order valence-electron chi connectivity index (χ2n) is 4.97. The Morgan fingerprint density at radius 3 is 3.11 bits per heavy atom. The van der Waals surface area contributed by atoms with Crippen molar-refractivity contribution in [2.45, 2.75) is 31.4 Å². The highest BCUT2D eigenvalue weighted by molar-refractivity contribution is 7.99. The lowest BCUT2D eigenvalue weighted by molar-refractivity contribution is 0.0751. The SMILES string of the molecule is COC(c1noc(CC2CSCCN2)n1)C1CC1. The molecule has 2 atom stereocenters. The summed E-state index contributed by atoms with van der Waals surface area (Å²) in [5.41, 5.74) is 0. The van der Waals surface area contributed by atoms with E-state index in [0.717, 1.165) is 30.4 Å². The average molecular weight is 269 g/mol. The lowest BCUT2D eigenvalue weighted by Crippen LogP contribution is -2.38. The summed E-state index contributed by atoms with van der Waals surface area (Å²) in [5.74, 6) is 4.35. The van der Waals surface area contributed by atoms with Crippen molar-refractivity contribution < 1.29 is 9.26 Å². The van der Waals surface area contributed by atoms with Crippen LogP contribution in [-0.4, -0.2) is 41.3 Å². The van der Waals surface area contributed by atoms with E-state index in [2.05, 4.69) is 15.5 Å². The molecule has 1 aromatic rings. The molecule has 1 N–H and O–H groups in total. The Bertz CT molecular complexity index is 388. The molecule has 0 bridgehead atoms. The van der Waals surface area contributed by atoms with E-state index in [9.17, 15) is 0 Å². The fourth-order valence-corrected chi connectivity index (χ4v) is 3.28.